The maximum absolute atomic E-state index is 12.0. The molecule has 0 unspecified atom stereocenters. The minimum atomic E-state index is -0.658. The highest BCUT2D eigenvalue weighted by molar-refractivity contribution is 6.30. The standard InChI is InChI=1S/C17H14ClNO4/c1-22-16(20)13-4-3-5-14(15(13)17(21)23-2)19-10-11-6-8-12(18)9-7-11/h3-10H,1-2H3. The predicted octanol–water partition coefficient (Wildman–Crippen LogP) is 3.66. The zero-order chi connectivity index (χ0) is 16.8. The predicted molar refractivity (Wildman–Crippen MR) is 87.8 cm³/mol. The van der Waals surface area contributed by atoms with Gasteiger partial charge in [-0.25, -0.2) is 9.59 Å². The van der Waals surface area contributed by atoms with Gasteiger partial charge in [-0.15, -0.1) is 0 Å². The first kappa shape index (κ1) is 16.7. The van der Waals surface area contributed by atoms with Crippen molar-refractivity contribution in [3.05, 3.63) is 64.2 Å². The van der Waals surface area contributed by atoms with Gasteiger partial charge < -0.3 is 9.47 Å². The lowest BCUT2D eigenvalue weighted by atomic mass is 10.1. The van der Waals surface area contributed by atoms with Crippen LogP contribution in [0.3, 0.4) is 0 Å². The molecule has 0 amide bonds. The molecule has 2 aromatic rings. The molecule has 0 aliphatic rings. The van der Waals surface area contributed by atoms with E-state index in [1.54, 1.807) is 42.6 Å². The summed E-state index contributed by atoms with van der Waals surface area (Å²) in [5.41, 5.74) is 1.28. The molecule has 0 aromatic heterocycles. The van der Waals surface area contributed by atoms with Crippen LogP contribution in [0.2, 0.25) is 5.02 Å². The quantitative estimate of drug-likeness (QED) is 0.633. The van der Waals surface area contributed by atoms with E-state index in [9.17, 15) is 9.59 Å². The summed E-state index contributed by atoms with van der Waals surface area (Å²) in [6.07, 6.45) is 1.57. The second kappa shape index (κ2) is 7.56. The van der Waals surface area contributed by atoms with Crippen LogP contribution in [-0.4, -0.2) is 32.4 Å². The van der Waals surface area contributed by atoms with Gasteiger partial charge in [0.25, 0.3) is 0 Å². The summed E-state index contributed by atoms with van der Waals surface area (Å²) in [5, 5.41) is 0.616. The third-order valence-corrected chi connectivity index (χ3v) is 3.31. The fraction of sp³-hybridized carbons (Fsp3) is 0.118. The molecule has 0 fully saturated rings. The molecule has 0 saturated carbocycles. The normalized spacial score (nSPS) is 10.6. The van der Waals surface area contributed by atoms with E-state index in [1.807, 2.05) is 0 Å². The molecule has 0 radical (unpaired) electrons. The molecule has 0 saturated heterocycles. The van der Waals surface area contributed by atoms with Crippen LogP contribution >= 0.6 is 11.6 Å². The molecule has 0 spiro atoms. The van der Waals surface area contributed by atoms with E-state index >= 15 is 0 Å². The minimum absolute atomic E-state index is 0.0621. The molecule has 23 heavy (non-hydrogen) atoms. The van der Waals surface area contributed by atoms with Crippen molar-refractivity contribution in [1.82, 2.24) is 0 Å². The third kappa shape index (κ3) is 3.96. The van der Waals surface area contributed by atoms with Crippen molar-refractivity contribution in [3.63, 3.8) is 0 Å². The molecule has 0 aliphatic carbocycles. The number of methoxy groups -OCH3 is 2. The lowest BCUT2D eigenvalue weighted by Gasteiger charge is -2.08. The van der Waals surface area contributed by atoms with E-state index in [2.05, 4.69) is 9.73 Å². The van der Waals surface area contributed by atoms with Gasteiger partial charge in [0.15, 0.2) is 0 Å². The molecule has 6 heteroatoms. The smallest absolute Gasteiger partial charge is 0.340 e. The molecule has 0 N–H and O–H groups in total. The van der Waals surface area contributed by atoms with Crippen molar-refractivity contribution >= 4 is 35.4 Å². The Kier molecular flexibility index (Phi) is 5.49. The SMILES string of the molecule is COC(=O)c1cccc(N=Cc2ccc(Cl)cc2)c1C(=O)OC. The number of carbonyl (C=O) groups excluding carboxylic acids is 2. The number of halogens is 1. The van der Waals surface area contributed by atoms with Gasteiger partial charge in [-0.2, -0.15) is 0 Å². The number of hydrogen-bond donors (Lipinski definition) is 0. The number of rotatable bonds is 4. The summed E-state index contributed by atoms with van der Waals surface area (Å²) in [6, 6.07) is 11.8. The summed E-state index contributed by atoms with van der Waals surface area (Å²) in [6.45, 7) is 0. The van der Waals surface area contributed by atoms with E-state index < -0.39 is 11.9 Å². The van der Waals surface area contributed by atoms with Crippen LogP contribution in [0.1, 0.15) is 26.3 Å². The second-order valence-corrected chi connectivity index (χ2v) is 4.93. The summed E-state index contributed by atoms with van der Waals surface area (Å²) in [4.78, 5) is 28.1. The lowest BCUT2D eigenvalue weighted by molar-refractivity contribution is 0.0556. The Morgan fingerprint density at radius 1 is 1.00 bits per heavy atom. The van der Waals surface area contributed by atoms with Crippen molar-refractivity contribution in [3.8, 4) is 0 Å². The van der Waals surface area contributed by atoms with Crippen LogP contribution < -0.4 is 0 Å². The zero-order valence-electron chi connectivity index (χ0n) is 12.6. The van der Waals surface area contributed by atoms with Crippen molar-refractivity contribution in [2.24, 2.45) is 4.99 Å². The number of carbonyl (C=O) groups is 2. The van der Waals surface area contributed by atoms with Crippen molar-refractivity contribution in [2.45, 2.75) is 0 Å². The molecule has 0 atom stereocenters. The van der Waals surface area contributed by atoms with Gasteiger partial charge >= 0.3 is 11.9 Å². The van der Waals surface area contributed by atoms with Crippen LogP contribution in [0, 0.1) is 0 Å². The van der Waals surface area contributed by atoms with Gasteiger partial charge in [-0.3, -0.25) is 4.99 Å². The summed E-state index contributed by atoms with van der Waals surface area (Å²) in [7, 11) is 2.48. The number of aliphatic imine (C=N–C) groups is 1. The number of ether oxygens (including phenoxy) is 2. The van der Waals surface area contributed by atoms with Gasteiger partial charge in [0.1, 0.15) is 0 Å². The fourth-order valence-corrected chi connectivity index (χ4v) is 2.06. The molecule has 0 heterocycles. The van der Waals surface area contributed by atoms with Gasteiger partial charge in [0.2, 0.25) is 0 Å². The van der Waals surface area contributed by atoms with Crippen LogP contribution in [0.4, 0.5) is 5.69 Å². The van der Waals surface area contributed by atoms with Gasteiger partial charge in [0.05, 0.1) is 31.0 Å². The fourth-order valence-electron chi connectivity index (χ4n) is 1.94. The zero-order valence-corrected chi connectivity index (χ0v) is 13.3. The van der Waals surface area contributed by atoms with E-state index in [-0.39, 0.29) is 11.1 Å². The Bertz CT molecular complexity index is 754. The average molecular weight is 332 g/mol. The summed E-state index contributed by atoms with van der Waals surface area (Å²) < 4.78 is 9.43. The van der Waals surface area contributed by atoms with E-state index in [0.29, 0.717) is 10.7 Å². The van der Waals surface area contributed by atoms with Crippen molar-refractivity contribution in [1.29, 1.82) is 0 Å². The highest BCUT2D eigenvalue weighted by Gasteiger charge is 2.21. The number of esters is 2. The van der Waals surface area contributed by atoms with Crippen LogP contribution in [0.15, 0.2) is 47.5 Å². The summed E-state index contributed by atoms with van der Waals surface area (Å²) >= 11 is 5.83. The van der Waals surface area contributed by atoms with Crippen LogP contribution in [0.5, 0.6) is 0 Å². The summed E-state index contributed by atoms with van der Waals surface area (Å²) in [5.74, 6) is -1.29. The van der Waals surface area contributed by atoms with E-state index in [4.69, 9.17) is 16.3 Å². The Labute approximate surface area is 138 Å². The molecule has 5 nitrogen and oxygen atoms in total. The van der Waals surface area contributed by atoms with Gasteiger partial charge in [0, 0.05) is 11.2 Å². The molecule has 2 rings (SSSR count). The molecular formula is C17H14ClNO4. The first-order valence-corrected chi connectivity index (χ1v) is 7.04. The van der Waals surface area contributed by atoms with Crippen molar-refractivity contribution in [2.75, 3.05) is 14.2 Å². The Hall–Kier alpha value is -2.66. The van der Waals surface area contributed by atoms with Crippen LogP contribution in [-0.2, 0) is 9.47 Å². The Morgan fingerprint density at radius 3 is 2.26 bits per heavy atom. The monoisotopic (exact) mass is 331 g/mol. The maximum Gasteiger partial charge on any atom is 0.340 e. The molecule has 0 bridgehead atoms. The van der Waals surface area contributed by atoms with E-state index in [0.717, 1.165) is 5.56 Å². The number of hydrogen-bond acceptors (Lipinski definition) is 5. The molecular weight excluding hydrogens is 318 g/mol. The van der Waals surface area contributed by atoms with Crippen molar-refractivity contribution < 1.29 is 19.1 Å². The average Bonchev–Trinajstić information content (AvgIpc) is 2.59. The molecule has 118 valence electrons. The molecule has 0 aliphatic heterocycles. The Morgan fingerprint density at radius 2 is 1.65 bits per heavy atom. The third-order valence-electron chi connectivity index (χ3n) is 3.06. The maximum atomic E-state index is 12.0. The van der Waals surface area contributed by atoms with Gasteiger partial charge in [-0.1, -0.05) is 29.8 Å². The van der Waals surface area contributed by atoms with E-state index in [1.165, 1.54) is 20.3 Å². The first-order chi connectivity index (χ1) is 11.1. The lowest BCUT2D eigenvalue weighted by Crippen LogP contribution is -2.12. The molecule has 2 aromatic carbocycles. The second-order valence-electron chi connectivity index (χ2n) is 4.49. The topological polar surface area (TPSA) is 65.0 Å². The largest absolute Gasteiger partial charge is 0.465 e. The van der Waals surface area contributed by atoms with Crippen LogP contribution in [0.25, 0.3) is 0 Å². The highest BCUT2D eigenvalue weighted by Crippen LogP contribution is 2.25. The number of nitrogens with zero attached hydrogens (tertiary/aromatic N) is 1. The first-order valence-electron chi connectivity index (χ1n) is 6.66. The minimum Gasteiger partial charge on any atom is -0.465 e. The Balaban J connectivity index is 2.47. The number of benzene rings is 2. The highest BCUT2D eigenvalue weighted by atomic mass is 35.5. The van der Waals surface area contributed by atoms with Gasteiger partial charge in [-0.05, 0) is 29.8 Å².